The number of amides is 1. The molecule has 0 unspecified atom stereocenters. The molecule has 5 heteroatoms. The van der Waals surface area contributed by atoms with Gasteiger partial charge >= 0.3 is 0 Å². The van der Waals surface area contributed by atoms with Gasteiger partial charge < -0.3 is 9.80 Å². The fourth-order valence-corrected chi connectivity index (χ4v) is 4.48. The van der Waals surface area contributed by atoms with Gasteiger partial charge in [-0.25, -0.2) is 4.98 Å². The molecule has 134 valence electrons. The maximum Gasteiger partial charge on any atom is 0.253 e. The molecular formula is C21H23N3OS. The second-order valence-electron chi connectivity index (χ2n) is 6.99. The van der Waals surface area contributed by atoms with Crippen molar-refractivity contribution < 1.29 is 4.79 Å². The van der Waals surface area contributed by atoms with Gasteiger partial charge in [0.2, 0.25) is 0 Å². The van der Waals surface area contributed by atoms with Crippen molar-refractivity contribution in [1.29, 1.82) is 0 Å². The normalized spacial score (nSPS) is 15.0. The molecule has 1 amide bonds. The summed E-state index contributed by atoms with van der Waals surface area (Å²) >= 11 is 1.75. The monoisotopic (exact) mass is 365 g/mol. The van der Waals surface area contributed by atoms with Gasteiger partial charge in [-0.1, -0.05) is 55.5 Å². The lowest BCUT2D eigenvalue weighted by atomic mass is 10.0. The first-order valence-electron chi connectivity index (χ1n) is 9.12. The molecule has 1 aliphatic rings. The number of nitrogens with zero attached hydrogens (tertiary/aromatic N) is 3. The van der Waals surface area contributed by atoms with Gasteiger partial charge in [0.25, 0.3) is 5.91 Å². The first kappa shape index (κ1) is 17.0. The third-order valence-electron chi connectivity index (χ3n) is 4.92. The Morgan fingerprint density at radius 3 is 2.42 bits per heavy atom. The summed E-state index contributed by atoms with van der Waals surface area (Å²) in [6, 6.07) is 16.0. The summed E-state index contributed by atoms with van der Waals surface area (Å²) in [5.74, 6) is 0.589. The van der Waals surface area contributed by atoms with E-state index in [2.05, 4.69) is 36.9 Å². The number of aromatic nitrogens is 1. The van der Waals surface area contributed by atoms with Gasteiger partial charge in [-0.15, -0.1) is 0 Å². The van der Waals surface area contributed by atoms with E-state index in [-0.39, 0.29) is 5.91 Å². The molecule has 1 fully saturated rings. The highest BCUT2D eigenvalue weighted by atomic mass is 32.1. The number of carbonyl (C=O) groups is 1. The van der Waals surface area contributed by atoms with Gasteiger partial charge in [-0.2, -0.15) is 0 Å². The number of anilines is 1. The molecular weight excluding hydrogens is 342 g/mol. The van der Waals surface area contributed by atoms with Crippen molar-refractivity contribution in [2.45, 2.75) is 19.8 Å². The van der Waals surface area contributed by atoms with E-state index in [0.717, 1.165) is 42.4 Å². The Hall–Kier alpha value is -2.40. The first-order valence-corrected chi connectivity index (χ1v) is 9.94. The molecule has 0 radical (unpaired) electrons. The maximum atomic E-state index is 12.6. The van der Waals surface area contributed by atoms with Crippen LogP contribution in [0.4, 0.5) is 5.13 Å². The molecule has 1 aliphatic heterocycles. The summed E-state index contributed by atoms with van der Waals surface area (Å²) in [5.41, 5.74) is 3.20. The summed E-state index contributed by atoms with van der Waals surface area (Å²) < 4.78 is 1.24. The SMILES string of the molecule is CC(C)c1cccc2sc(N3CCN(C(=O)c4ccccc4)CC3)nc12. The number of piperazine rings is 1. The molecule has 1 saturated heterocycles. The molecule has 0 atom stereocenters. The van der Waals surface area contributed by atoms with Gasteiger partial charge in [0, 0.05) is 31.7 Å². The van der Waals surface area contributed by atoms with E-state index in [0.29, 0.717) is 5.92 Å². The Balaban J connectivity index is 1.49. The fraction of sp³-hybridized carbons (Fsp3) is 0.333. The molecule has 0 saturated carbocycles. The predicted octanol–water partition coefficient (Wildman–Crippen LogP) is 4.38. The average Bonchev–Trinajstić information content (AvgIpc) is 3.12. The Morgan fingerprint density at radius 2 is 1.73 bits per heavy atom. The standard InChI is InChI=1S/C21H23N3OS/c1-15(2)17-9-6-10-18-19(17)22-21(26-18)24-13-11-23(12-14-24)20(25)16-7-4-3-5-8-16/h3-10,15H,11-14H2,1-2H3. The number of benzene rings is 2. The van der Waals surface area contributed by atoms with E-state index in [9.17, 15) is 4.79 Å². The summed E-state index contributed by atoms with van der Waals surface area (Å²) in [7, 11) is 0. The molecule has 1 aromatic heterocycles. The number of carbonyl (C=O) groups excluding carboxylic acids is 1. The lowest BCUT2D eigenvalue weighted by Gasteiger charge is -2.34. The third-order valence-corrected chi connectivity index (χ3v) is 6.00. The first-order chi connectivity index (χ1) is 12.6. The molecule has 3 aromatic rings. The lowest BCUT2D eigenvalue weighted by molar-refractivity contribution is 0.0747. The average molecular weight is 366 g/mol. The second-order valence-corrected chi connectivity index (χ2v) is 8.00. The minimum Gasteiger partial charge on any atom is -0.345 e. The number of hydrogen-bond acceptors (Lipinski definition) is 4. The topological polar surface area (TPSA) is 36.4 Å². The van der Waals surface area contributed by atoms with Crippen LogP contribution in [-0.2, 0) is 0 Å². The smallest absolute Gasteiger partial charge is 0.253 e. The Morgan fingerprint density at radius 1 is 1.00 bits per heavy atom. The largest absolute Gasteiger partial charge is 0.345 e. The summed E-state index contributed by atoms with van der Waals surface area (Å²) in [4.78, 5) is 21.8. The van der Waals surface area contributed by atoms with E-state index >= 15 is 0 Å². The van der Waals surface area contributed by atoms with E-state index in [1.807, 2.05) is 35.2 Å². The zero-order valence-corrected chi connectivity index (χ0v) is 16.0. The van der Waals surface area contributed by atoms with Crippen molar-refractivity contribution in [2.24, 2.45) is 0 Å². The van der Waals surface area contributed by atoms with Crippen LogP contribution in [0.25, 0.3) is 10.2 Å². The molecule has 2 aromatic carbocycles. The van der Waals surface area contributed by atoms with Gasteiger partial charge in [-0.3, -0.25) is 4.79 Å². The quantitative estimate of drug-likeness (QED) is 0.691. The van der Waals surface area contributed by atoms with E-state index in [4.69, 9.17) is 4.98 Å². The minimum atomic E-state index is 0.122. The lowest BCUT2D eigenvalue weighted by Crippen LogP contribution is -2.48. The van der Waals surface area contributed by atoms with Crippen molar-refractivity contribution in [3.8, 4) is 0 Å². The second kappa shape index (κ2) is 7.08. The van der Waals surface area contributed by atoms with E-state index in [1.54, 1.807) is 11.3 Å². The molecule has 0 aliphatic carbocycles. The summed E-state index contributed by atoms with van der Waals surface area (Å²) in [6.07, 6.45) is 0. The highest BCUT2D eigenvalue weighted by Gasteiger charge is 2.24. The zero-order chi connectivity index (χ0) is 18.1. The van der Waals surface area contributed by atoms with Crippen LogP contribution in [0.1, 0.15) is 35.7 Å². The molecule has 4 rings (SSSR count). The van der Waals surface area contributed by atoms with Crippen LogP contribution in [-0.4, -0.2) is 42.0 Å². The predicted molar refractivity (Wildman–Crippen MR) is 108 cm³/mol. The van der Waals surface area contributed by atoms with Gasteiger partial charge in [0.1, 0.15) is 0 Å². The number of thiazole rings is 1. The van der Waals surface area contributed by atoms with Gasteiger partial charge in [0.05, 0.1) is 10.2 Å². The molecule has 0 N–H and O–H groups in total. The van der Waals surface area contributed by atoms with Crippen molar-refractivity contribution in [2.75, 3.05) is 31.1 Å². The van der Waals surface area contributed by atoms with Crippen molar-refractivity contribution in [1.82, 2.24) is 9.88 Å². The van der Waals surface area contributed by atoms with Gasteiger partial charge in [0.15, 0.2) is 5.13 Å². The Bertz CT molecular complexity index is 911. The van der Waals surface area contributed by atoms with Crippen molar-refractivity contribution >= 4 is 32.6 Å². The number of rotatable bonds is 3. The van der Waals surface area contributed by atoms with E-state index < -0.39 is 0 Å². The van der Waals surface area contributed by atoms with Crippen LogP contribution < -0.4 is 4.90 Å². The molecule has 0 spiro atoms. The zero-order valence-electron chi connectivity index (χ0n) is 15.2. The maximum absolute atomic E-state index is 12.6. The third kappa shape index (κ3) is 3.19. The molecule has 26 heavy (non-hydrogen) atoms. The number of hydrogen-bond donors (Lipinski definition) is 0. The molecule has 4 nitrogen and oxygen atoms in total. The van der Waals surface area contributed by atoms with Crippen LogP contribution in [0, 0.1) is 0 Å². The Labute approximate surface area is 158 Å². The fourth-order valence-electron chi connectivity index (χ4n) is 3.42. The van der Waals surface area contributed by atoms with Crippen LogP contribution >= 0.6 is 11.3 Å². The van der Waals surface area contributed by atoms with Crippen LogP contribution in [0.3, 0.4) is 0 Å². The van der Waals surface area contributed by atoms with E-state index in [1.165, 1.54) is 10.3 Å². The summed E-state index contributed by atoms with van der Waals surface area (Å²) in [5, 5.41) is 1.07. The highest BCUT2D eigenvalue weighted by molar-refractivity contribution is 7.22. The number of fused-ring (bicyclic) bond motifs is 1. The molecule has 2 heterocycles. The summed E-state index contributed by atoms with van der Waals surface area (Å²) in [6.45, 7) is 7.55. The number of para-hydroxylation sites is 1. The minimum absolute atomic E-state index is 0.122. The van der Waals surface area contributed by atoms with Crippen LogP contribution in [0.5, 0.6) is 0 Å². The van der Waals surface area contributed by atoms with Crippen LogP contribution in [0.2, 0.25) is 0 Å². The van der Waals surface area contributed by atoms with Crippen molar-refractivity contribution in [3.05, 3.63) is 59.7 Å². The van der Waals surface area contributed by atoms with Crippen LogP contribution in [0.15, 0.2) is 48.5 Å². The highest BCUT2D eigenvalue weighted by Crippen LogP contribution is 2.33. The van der Waals surface area contributed by atoms with Gasteiger partial charge in [-0.05, 0) is 29.7 Å². The van der Waals surface area contributed by atoms with Crippen molar-refractivity contribution in [3.63, 3.8) is 0 Å². The Kier molecular flexibility index (Phi) is 4.64. The molecule has 0 bridgehead atoms.